The van der Waals surface area contributed by atoms with Crippen LogP contribution in [0, 0.1) is 27.7 Å². The maximum absolute atomic E-state index is 14.3. The maximum Gasteiger partial charge on any atom is 0.329 e. The lowest BCUT2D eigenvalue weighted by Gasteiger charge is -2.37. The molecule has 70 heavy (non-hydrogen) atoms. The van der Waals surface area contributed by atoms with Gasteiger partial charge in [-0.05, 0) is 161 Å². The van der Waals surface area contributed by atoms with E-state index in [1.165, 1.54) is 5.56 Å². The van der Waals surface area contributed by atoms with Crippen molar-refractivity contribution in [2.45, 2.75) is 123 Å². The first-order chi connectivity index (χ1) is 33.7. The molecule has 3 aliphatic rings. The van der Waals surface area contributed by atoms with Crippen LogP contribution >= 0.6 is 0 Å². The van der Waals surface area contributed by atoms with Crippen LogP contribution in [0.4, 0.5) is 5.69 Å². The van der Waals surface area contributed by atoms with Gasteiger partial charge in [0.1, 0.15) is 29.7 Å². The number of carbonyl (C=O) groups is 6. The zero-order valence-corrected chi connectivity index (χ0v) is 41.4. The predicted molar refractivity (Wildman–Crippen MR) is 268 cm³/mol. The second-order valence-corrected chi connectivity index (χ2v) is 18.7. The normalized spacial score (nSPS) is 17.6. The topological polar surface area (TPSA) is 173 Å². The van der Waals surface area contributed by atoms with E-state index in [2.05, 4.69) is 61.5 Å². The molecular formula is C56H67N5O9. The molecule has 14 heteroatoms. The second kappa shape index (κ2) is 23.1. The van der Waals surface area contributed by atoms with Gasteiger partial charge in [0.15, 0.2) is 6.61 Å². The van der Waals surface area contributed by atoms with E-state index < -0.39 is 41.9 Å². The smallest absolute Gasteiger partial charge is 0.329 e. The largest absolute Gasteiger partial charge is 0.496 e. The molecule has 0 spiro atoms. The molecule has 5 amide bonds. The lowest BCUT2D eigenvalue weighted by Crippen LogP contribution is -2.51. The maximum atomic E-state index is 14.3. The minimum absolute atomic E-state index is 0.0443. The van der Waals surface area contributed by atoms with Gasteiger partial charge in [-0.15, -0.1) is 0 Å². The number of aryl methyl sites for hydroxylation is 4. The summed E-state index contributed by atoms with van der Waals surface area (Å²) in [6, 6.07) is 20.9. The van der Waals surface area contributed by atoms with Crippen molar-refractivity contribution in [3.8, 4) is 11.5 Å². The first kappa shape index (κ1) is 50.9. The van der Waals surface area contributed by atoms with E-state index in [0.717, 1.165) is 56.9 Å². The summed E-state index contributed by atoms with van der Waals surface area (Å²) >= 11 is 0. The molecule has 4 aromatic carbocycles. The first-order valence-electron chi connectivity index (χ1n) is 24.6. The second-order valence-electron chi connectivity index (χ2n) is 18.7. The number of methoxy groups -OCH3 is 1. The fraction of sp³-hybridized carbons (Fsp3) is 0.429. The fourth-order valence-electron chi connectivity index (χ4n) is 9.79. The highest BCUT2D eigenvalue weighted by Crippen LogP contribution is 2.35. The molecule has 0 bridgehead atoms. The monoisotopic (exact) mass is 953 g/mol. The fourth-order valence-corrected chi connectivity index (χ4v) is 9.79. The van der Waals surface area contributed by atoms with Gasteiger partial charge in [-0.1, -0.05) is 56.0 Å². The summed E-state index contributed by atoms with van der Waals surface area (Å²) in [5, 5.41) is 8.79. The Balaban J connectivity index is 0.923. The number of allylic oxidation sites excluding steroid dienone is 1. The third kappa shape index (κ3) is 11.7. The molecule has 0 aliphatic carbocycles. The minimum atomic E-state index is -0.885. The first-order valence-corrected chi connectivity index (χ1v) is 24.6. The van der Waals surface area contributed by atoms with Crippen LogP contribution in [0.15, 0.2) is 85.1 Å². The molecule has 2 fully saturated rings. The summed E-state index contributed by atoms with van der Waals surface area (Å²) in [5.41, 5.74) is 8.94. The summed E-state index contributed by atoms with van der Waals surface area (Å²) in [7, 11) is 1.65. The molecule has 4 atom stereocenters. The van der Waals surface area contributed by atoms with Gasteiger partial charge in [-0.25, -0.2) is 4.79 Å². The van der Waals surface area contributed by atoms with Gasteiger partial charge in [-0.3, -0.25) is 28.9 Å². The summed E-state index contributed by atoms with van der Waals surface area (Å²) < 4.78 is 17.7. The van der Waals surface area contributed by atoms with E-state index in [4.69, 9.17) is 14.2 Å². The van der Waals surface area contributed by atoms with Crippen LogP contribution in [0.25, 0.3) is 0 Å². The molecule has 370 valence electrons. The number of hydrogen-bond acceptors (Lipinski definition) is 10. The van der Waals surface area contributed by atoms with Crippen molar-refractivity contribution in [3.63, 3.8) is 0 Å². The van der Waals surface area contributed by atoms with Gasteiger partial charge in [0.25, 0.3) is 17.7 Å². The number of carbonyl (C=O) groups excluding carboxylic acids is 6. The van der Waals surface area contributed by atoms with Gasteiger partial charge < -0.3 is 35.1 Å². The molecule has 3 aliphatic heterocycles. The molecule has 4 aromatic rings. The highest BCUT2D eigenvalue weighted by atomic mass is 16.5. The number of nitrogens with one attached hydrogen (secondary N) is 3. The van der Waals surface area contributed by atoms with E-state index >= 15 is 0 Å². The van der Waals surface area contributed by atoms with Crippen molar-refractivity contribution >= 4 is 41.2 Å². The van der Waals surface area contributed by atoms with Gasteiger partial charge in [0.2, 0.25) is 11.8 Å². The van der Waals surface area contributed by atoms with Crippen molar-refractivity contribution in [1.82, 2.24) is 20.4 Å². The van der Waals surface area contributed by atoms with Crippen LogP contribution in [0.3, 0.4) is 0 Å². The molecule has 0 radical (unpaired) electrons. The van der Waals surface area contributed by atoms with Gasteiger partial charge >= 0.3 is 5.97 Å². The van der Waals surface area contributed by atoms with Crippen molar-refractivity contribution in [2.24, 2.45) is 0 Å². The quantitative estimate of drug-likeness (QED) is 0.0443. The summed E-state index contributed by atoms with van der Waals surface area (Å²) in [5.74, 6) is -1.23. The van der Waals surface area contributed by atoms with E-state index in [-0.39, 0.29) is 35.5 Å². The van der Waals surface area contributed by atoms with E-state index in [1.54, 1.807) is 42.3 Å². The number of amides is 5. The molecule has 1 unspecified atom stereocenters. The van der Waals surface area contributed by atoms with Crippen molar-refractivity contribution < 1.29 is 43.0 Å². The number of fused-ring (bicyclic) bond motifs is 1. The number of ether oxygens (including phenoxy) is 3. The molecule has 0 saturated carbocycles. The third-order valence-electron chi connectivity index (χ3n) is 14.0. The summed E-state index contributed by atoms with van der Waals surface area (Å²) in [6.07, 6.45) is 5.42. The van der Waals surface area contributed by atoms with Gasteiger partial charge in [0.05, 0.1) is 24.2 Å². The molecular weight excluding hydrogens is 887 g/mol. The number of nitrogens with zero attached hydrogens (tertiary/aromatic N) is 2. The van der Waals surface area contributed by atoms with Crippen LogP contribution in [-0.2, 0) is 30.3 Å². The number of unbranched alkanes of at least 4 members (excludes halogenated alkanes) is 1. The van der Waals surface area contributed by atoms with Crippen LogP contribution in [-0.4, -0.2) is 90.7 Å². The highest BCUT2D eigenvalue weighted by molar-refractivity contribution is 6.25. The Morgan fingerprint density at radius 3 is 2.30 bits per heavy atom. The molecule has 0 aromatic heterocycles. The molecule has 3 N–H and O–H groups in total. The minimum Gasteiger partial charge on any atom is -0.496 e. The average molecular weight is 954 g/mol. The number of esters is 1. The Labute approximate surface area is 411 Å². The van der Waals surface area contributed by atoms with Crippen LogP contribution in [0.5, 0.6) is 11.5 Å². The summed E-state index contributed by atoms with van der Waals surface area (Å²) in [6.45, 7) is 15.2. The number of benzene rings is 4. The number of rotatable bonds is 20. The average Bonchev–Trinajstić information content (AvgIpc) is 3.61. The van der Waals surface area contributed by atoms with Gasteiger partial charge in [0, 0.05) is 31.0 Å². The van der Waals surface area contributed by atoms with Gasteiger partial charge in [-0.2, -0.15) is 0 Å². The van der Waals surface area contributed by atoms with Crippen molar-refractivity contribution in [2.75, 3.05) is 38.7 Å². The van der Waals surface area contributed by atoms with Crippen LogP contribution in [0.2, 0.25) is 0 Å². The Morgan fingerprint density at radius 1 is 0.857 bits per heavy atom. The molecule has 7 rings (SSSR count). The lowest BCUT2D eigenvalue weighted by atomic mass is 9.89. The number of piperidine rings is 2. The SMILES string of the molecule is C=C1CCC(N2C(=O)c3cccc(NCCCCNC(=O)COc4ccc([C@@H](CCc5ccc(OC)c(C)c5)OC(=O)[C@@H]5CCCCN5C(=O)[C@@H](CC)c5cc(C)c(C)c(C)c5)cc4)c3C2=O)C(=O)N1. The van der Waals surface area contributed by atoms with Crippen molar-refractivity contribution in [3.05, 3.63) is 135 Å². The van der Waals surface area contributed by atoms with E-state index in [9.17, 15) is 28.8 Å². The van der Waals surface area contributed by atoms with E-state index in [0.29, 0.717) is 88.1 Å². The molecule has 3 heterocycles. The highest BCUT2D eigenvalue weighted by Gasteiger charge is 2.45. The Morgan fingerprint density at radius 2 is 1.60 bits per heavy atom. The molecule has 2 saturated heterocycles. The zero-order chi connectivity index (χ0) is 50.1. The Hall–Kier alpha value is -6.96. The lowest BCUT2D eigenvalue weighted by molar-refractivity contribution is -0.162. The standard InChI is InChI=1S/C56H67N5O9/c1-8-43(41-31-34(2)38(6)35(3)32-41)53(64)60-29-12-9-16-47(60)56(67)70-49(26-19-39-18-25-48(68-7)36(4)30-39)40-20-22-42(23-21-40)69-33-50(62)58-28-11-10-27-57-45-15-13-14-44-51(45)55(66)61(54(44)65)46-24-17-37(5)59-52(46)63/h13-15,18,20-23,25,30-32,43,46-47,49,57H,5,8-12,16-17,19,24,26-29,33H2,1-4,6-7H3,(H,58,62)(H,59,63)/t43-,46?,47-,49+/m0/s1. The Kier molecular flexibility index (Phi) is 16.8. The number of likely N-dealkylation sites (tertiary alicyclic amines) is 1. The Bertz CT molecular complexity index is 2600. The zero-order valence-electron chi connectivity index (χ0n) is 41.4. The van der Waals surface area contributed by atoms with Crippen LogP contribution in [0.1, 0.15) is 136 Å². The van der Waals surface area contributed by atoms with E-state index in [1.807, 2.05) is 38.1 Å². The number of imide groups is 1. The molecule has 14 nitrogen and oxygen atoms in total. The predicted octanol–water partition coefficient (Wildman–Crippen LogP) is 8.50. The van der Waals surface area contributed by atoms with Crippen molar-refractivity contribution in [1.29, 1.82) is 0 Å². The third-order valence-corrected chi connectivity index (χ3v) is 14.0. The summed E-state index contributed by atoms with van der Waals surface area (Å²) in [4.78, 5) is 83.6. The number of anilines is 1. The van der Waals surface area contributed by atoms with Crippen LogP contribution < -0.4 is 25.4 Å². The number of hydrogen-bond donors (Lipinski definition) is 3.